The minimum atomic E-state index is -3.83. The van der Waals surface area contributed by atoms with Gasteiger partial charge in [0.15, 0.2) is 0 Å². The van der Waals surface area contributed by atoms with E-state index in [0.29, 0.717) is 104 Å². The minimum absolute atomic E-state index is 0.0548. The van der Waals surface area contributed by atoms with Gasteiger partial charge in [0.2, 0.25) is 20.9 Å². The molecule has 5 fully saturated rings. The third kappa shape index (κ3) is 7.63. The lowest BCUT2D eigenvalue weighted by molar-refractivity contribution is -0.142. The number of nitrogens with zero attached hydrogens (tertiary/aromatic N) is 7. The second-order valence-corrected chi connectivity index (χ2v) is 19.0. The van der Waals surface area contributed by atoms with E-state index >= 15 is 0 Å². The molecule has 2 aromatic heterocycles. The minimum Gasteiger partial charge on any atom is -0.469 e. The van der Waals surface area contributed by atoms with Gasteiger partial charge in [0.1, 0.15) is 23.0 Å². The fourth-order valence-corrected chi connectivity index (χ4v) is 10.5. The van der Waals surface area contributed by atoms with Crippen molar-refractivity contribution in [1.29, 1.82) is 0 Å². The van der Waals surface area contributed by atoms with E-state index < -0.39 is 32.5 Å². The summed E-state index contributed by atoms with van der Waals surface area (Å²) in [6.45, 7) is 5.60. The van der Waals surface area contributed by atoms with Crippen LogP contribution in [-0.2, 0) is 53.6 Å². The predicted octanol–water partition coefficient (Wildman–Crippen LogP) is 5.08. The van der Waals surface area contributed by atoms with Crippen molar-refractivity contribution in [2.75, 3.05) is 67.9 Å². The number of rotatable bonds is 8. The van der Waals surface area contributed by atoms with Crippen LogP contribution in [0.25, 0.3) is 0 Å². The van der Waals surface area contributed by atoms with Crippen LogP contribution in [0.15, 0.2) is 5.16 Å². The molecule has 0 amide bonds. The lowest BCUT2D eigenvalue weighted by atomic mass is 10.0. The maximum absolute atomic E-state index is 14.9. The first-order chi connectivity index (χ1) is 27.0. The van der Waals surface area contributed by atoms with Gasteiger partial charge in [-0.3, -0.25) is 9.59 Å². The van der Waals surface area contributed by atoms with Gasteiger partial charge in [-0.25, -0.2) is 23.4 Å². The molecule has 2 aromatic rings. The van der Waals surface area contributed by atoms with Gasteiger partial charge in [0.05, 0.1) is 14.2 Å². The highest BCUT2D eigenvalue weighted by Gasteiger charge is 2.58. The van der Waals surface area contributed by atoms with Crippen molar-refractivity contribution < 1.29 is 45.0 Å². The number of fused-ring (bicyclic) bond motifs is 4. The molecule has 0 bridgehead atoms. The molecule has 0 radical (unpaired) electrons. The van der Waals surface area contributed by atoms with E-state index in [1.54, 1.807) is 0 Å². The van der Waals surface area contributed by atoms with E-state index in [4.69, 9.17) is 14.5 Å². The number of methoxy groups -OCH3 is 2. The smallest absolute Gasteiger partial charge is 0.305 e. The Morgan fingerprint density at radius 2 is 1.18 bits per heavy atom. The van der Waals surface area contributed by atoms with Gasteiger partial charge in [-0.05, 0) is 87.4 Å². The quantitative estimate of drug-likeness (QED) is 0.151. The first kappa shape index (κ1) is 40.0. The molecule has 7 atom stereocenters. The molecule has 9 rings (SSSR count). The molecule has 57 heavy (non-hydrogen) atoms. The summed E-state index contributed by atoms with van der Waals surface area (Å²) in [4.78, 5) is 46.4. The molecule has 3 saturated heterocycles. The molecular formula is C39H51F4N7O6S. The topological polar surface area (TPSA) is 148 Å². The van der Waals surface area contributed by atoms with E-state index in [0.717, 1.165) is 38.7 Å². The Kier molecular flexibility index (Phi) is 10.4. The Balaban J connectivity index is 0.000000160. The van der Waals surface area contributed by atoms with Gasteiger partial charge in [-0.1, -0.05) is 0 Å². The lowest BCUT2D eigenvalue weighted by Gasteiger charge is -2.39. The highest BCUT2D eigenvalue weighted by atomic mass is 32.2. The Labute approximate surface area is 330 Å². The van der Waals surface area contributed by atoms with Crippen LogP contribution in [0.3, 0.4) is 0 Å². The Hall–Kier alpha value is -3.83. The number of piperidine rings is 2. The van der Waals surface area contributed by atoms with Crippen molar-refractivity contribution in [2.24, 2.45) is 35.5 Å². The van der Waals surface area contributed by atoms with Crippen molar-refractivity contribution in [3.05, 3.63) is 22.5 Å². The predicted molar refractivity (Wildman–Crippen MR) is 200 cm³/mol. The van der Waals surface area contributed by atoms with Crippen LogP contribution in [0.5, 0.6) is 0 Å². The zero-order valence-electron chi connectivity index (χ0n) is 32.9. The van der Waals surface area contributed by atoms with Gasteiger partial charge in [-0.2, -0.15) is 22.5 Å². The van der Waals surface area contributed by atoms with E-state index in [2.05, 4.69) is 26.8 Å². The van der Waals surface area contributed by atoms with Crippen molar-refractivity contribution >= 4 is 39.4 Å². The molecule has 3 aliphatic heterocycles. The summed E-state index contributed by atoms with van der Waals surface area (Å²) in [5.74, 6) is -3.01. The van der Waals surface area contributed by atoms with Gasteiger partial charge in [0.25, 0.3) is 11.8 Å². The van der Waals surface area contributed by atoms with Crippen molar-refractivity contribution in [3.63, 3.8) is 0 Å². The maximum Gasteiger partial charge on any atom is 0.305 e. The number of sulfone groups is 1. The number of hydrogen-bond acceptors (Lipinski definition) is 13. The largest absolute Gasteiger partial charge is 0.469 e. The highest BCUT2D eigenvalue weighted by molar-refractivity contribution is 7.90. The van der Waals surface area contributed by atoms with E-state index in [1.165, 1.54) is 14.2 Å². The van der Waals surface area contributed by atoms with Crippen molar-refractivity contribution in [2.45, 2.75) is 101 Å². The zero-order valence-corrected chi connectivity index (χ0v) is 33.7. The second kappa shape index (κ2) is 14.8. The van der Waals surface area contributed by atoms with E-state index in [-0.39, 0.29) is 54.3 Å². The zero-order chi connectivity index (χ0) is 40.6. The van der Waals surface area contributed by atoms with Crippen LogP contribution >= 0.6 is 0 Å². The molecule has 0 aromatic carbocycles. The van der Waals surface area contributed by atoms with E-state index in [9.17, 15) is 35.6 Å². The van der Waals surface area contributed by atoms with Gasteiger partial charge in [0, 0.05) is 81.8 Å². The fraction of sp³-hybridized carbons (Fsp3) is 0.744. The van der Waals surface area contributed by atoms with Crippen LogP contribution in [0, 0.1) is 35.5 Å². The van der Waals surface area contributed by atoms with Gasteiger partial charge >= 0.3 is 11.9 Å². The van der Waals surface area contributed by atoms with Crippen LogP contribution in [-0.4, -0.2) is 99.5 Å². The molecule has 2 unspecified atom stereocenters. The Morgan fingerprint density at radius 1 is 0.719 bits per heavy atom. The average Bonchev–Trinajstić information content (AvgIpc) is 3.85. The SMILES string of the molecule is COC(=O)CC1[C@H]2CN(c3nc(N4CC[C@@H]4C)nc4c3CCCCC4(F)F)C[C@@H]12.COC(=O)CC1[C@H]2CN(c3nc(S(C)(=O)=O)nc4c3CCCCC4(F)F)C[C@@H]12. The summed E-state index contributed by atoms with van der Waals surface area (Å²) in [6, 6.07) is 0.289. The molecular weight excluding hydrogens is 771 g/mol. The van der Waals surface area contributed by atoms with Crippen molar-refractivity contribution in [1.82, 2.24) is 19.9 Å². The summed E-state index contributed by atoms with van der Waals surface area (Å²) in [6.07, 6.45) is 5.49. The molecule has 18 heteroatoms. The molecule has 2 saturated carbocycles. The molecule has 0 N–H and O–H groups in total. The highest BCUT2D eigenvalue weighted by Crippen LogP contribution is 2.56. The number of hydrogen-bond donors (Lipinski definition) is 0. The van der Waals surface area contributed by atoms with Gasteiger partial charge in [-0.15, -0.1) is 0 Å². The van der Waals surface area contributed by atoms with Crippen LogP contribution in [0.4, 0.5) is 35.1 Å². The molecule has 4 aliphatic carbocycles. The number of anilines is 3. The number of halogens is 4. The summed E-state index contributed by atoms with van der Waals surface area (Å²) in [5.41, 5.74) is 0.499. The van der Waals surface area contributed by atoms with Gasteiger partial charge < -0.3 is 24.2 Å². The number of carbonyl (C=O) groups is 2. The Morgan fingerprint density at radius 3 is 1.58 bits per heavy atom. The van der Waals surface area contributed by atoms with E-state index in [1.807, 2.05) is 9.80 Å². The number of alkyl halides is 4. The third-order valence-electron chi connectivity index (χ3n) is 13.5. The summed E-state index contributed by atoms with van der Waals surface area (Å²) < 4.78 is 92.8. The summed E-state index contributed by atoms with van der Waals surface area (Å²) in [5, 5.41) is -0.547. The maximum atomic E-state index is 14.9. The number of esters is 2. The molecule has 0 spiro atoms. The monoisotopic (exact) mass is 821 g/mol. The standard InChI is InChI=1S/C21H28F2N4O2.C18H23F2N3O4S/c1-12-6-8-27(12)20-24-18-13(5-3-4-7-21(18,22)23)19(25-20)26-10-15-14(16(15)11-26)9-17(28)29-2;1-27-14(24)7-11-12-8-23(9-13(11)12)16-10-5-3-4-6-18(19,20)15(10)21-17(22-16)28(2,25)26/h12,14-16H,3-11H2,1-2H3;11-13H,3-9H2,1-2H3/t12-,14?,15-,16+;11?,12-,13+/m0./s1. The first-order valence-electron chi connectivity index (χ1n) is 20.2. The summed E-state index contributed by atoms with van der Waals surface area (Å²) in [7, 11) is -1.05. The third-order valence-corrected chi connectivity index (χ3v) is 14.3. The Bertz CT molecular complexity index is 2020. The molecule has 13 nitrogen and oxygen atoms in total. The normalized spacial score (nSPS) is 30.2. The molecule has 312 valence electrons. The number of carbonyl (C=O) groups excluding carboxylic acids is 2. The molecule has 7 aliphatic rings. The first-order valence-corrected chi connectivity index (χ1v) is 22.1. The summed E-state index contributed by atoms with van der Waals surface area (Å²) >= 11 is 0. The number of aromatic nitrogens is 4. The fourth-order valence-electron chi connectivity index (χ4n) is 9.95. The van der Waals surface area contributed by atoms with Crippen molar-refractivity contribution in [3.8, 4) is 0 Å². The van der Waals surface area contributed by atoms with Crippen LogP contribution < -0.4 is 14.7 Å². The van der Waals surface area contributed by atoms with Crippen LogP contribution in [0.2, 0.25) is 0 Å². The number of ether oxygens (including phenoxy) is 2. The molecule has 5 heterocycles. The van der Waals surface area contributed by atoms with Crippen LogP contribution in [0.1, 0.15) is 87.2 Å². The lowest BCUT2D eigenvalue weighted by Crippen LogP contribution is -2.47. The average molecular weight is 822 g/mol. The second-order valence-electron chi connectivity index (χ2n) is 17.1.